The van der Waals surface area contributed by atoms with Crippen molar-refractivity contribution in [3.8, 4) is 5.75 Å². The monoisotopic (exact) mass is 397 g/mol. The third kappa shape index (κ3) is 4.12. The van der Waals surface area contributed by atoms with E-state index in [0.717, 1.165) is 0 Å². The lowest BCUT2D eigenvalue weighted by molar-refractivity contribution is -0.132. The second-order valence-corrected chi connectivity index (χ2v) is 7.02. The third-order valence-electron chi connectivity index (χ3n) is 3.42. The van der Waals surface area contributed by atoms with Crippen molar-refractivity contribution in [2.45, 2.75) is 6.54 Å². The van der Waals surface area contributed by atoms with Gasteiger partial charge in [-0.15, -0.1) is 11.3 Å². The van der Waals surface area contributed by atoms with Gasteiger partial charge in [-0.3, -0.25) is 9.59 Å². The minimum absolute atomic E-state index is 0.164. The number of carbonyl (C=O) groups is 1. The highest BCUT2D eigenvalue weighted by atomic mass is 35.5. The van der Waals surface area contributed by atoms with Crippen LogP contribution in [0.25, 0.3) is 10.2 Å². The summed E-state index contributed by atoms with van der Waals surface area (Å²) >= 11 is 13.1. The molecule has 3 rings (SSSR count). The fourth-order valence-electron chi connectivity index (χ4n) is 2.15. The van der Waals surface area contributed by atoms with Crippen LogP contribution in [0.2, 0.25) is 10.0 Å². The topological polar surface area (TPSA) is 75.3 Å². The summed E-state index contributed by atoms with van der Waals surface area (Å²) in [5, 5.41) is 2.62. The number of halogens is 2. The number of hydrogen-bond donors (Lipinski definition) is 1. The van der Waals surface area contributed by atoms with Gasteiger partial charge < -0.3 is 14.6 Å². The number of aromatic nitrogens is 2. The number of benzene rings is 1. The normalized spacial score (nSPS) is 10.8. The maximum atomic E-state index is 12.2. The first-order valence-corrected chi connectivity index (χ1v) is 8.86. The van der Waals surface area contributed by atoms with Crippen LogP contribution in [0, 0.1) is 0 Å². The molecular formula is C16H13Cl2N3O3S. The molecule has 1 aromatic carbocycles. The van der Waals surface area contributed by atoms with Crippen molar-refractivity contribution in [2.75, 3.05) is 13.7 Å². The number of thiophene rings is 1. The van der Waals surface area contributed by atoms with Crippen LogP contribution in [0.5, 0.6) is 5.75 Å². The van der Waals surface area contributed by atoms with E-state index in [4.69, 9.17) is 27.9 Å². The molecule has 1 amide bonds. The number of rotatable bonds is 5. The van der Waals surface area contributed by atoms with E-state index in [1.165, 1.54) is 22.3 Å². The minimum atomic E-state index is -0.279. The summed E-state index contributed by atoms with van der Waals surface area (Å²) in [7, 11) is 1.60. The number of aromatic amines is 1. The highest BCUT2D eigenvalue weighted by Crippen LogP contribution is 2.27. The van der Waals surface area contributed by atoms with Gasteiger partial charge in [-0.1, -0.05) is 23.2 Å². The van der Waals surface area contributed by atoms with Gasteiger partial charge in [0, 0.05) is 12.1 Å². The van der Waals surface area contributed by atoms with Gasteiger partial charge in [-0.25, -0.2) is 4.98 Å². The Hall–Kier alpha value is -2.09. The molecule has 0 bridgehead atoms. The van der Waals surface area contributed by atoms with Crippen molar-refractivity contribution in [3.05, 3.63) is 55.9 Å². The molecule has 0 aliphatic carbocycles. The Morgan fingerprint density at radius 3 is 2.92 bits per heavy atom. The van der Waals surface area contributed by atoms with Gasteiger partial charge in [-0.05, 0) is 29.6 Å². The van der Waals surface area contributed by atoms with Crippen LogP contribution in [-0.4, -0.2) is 34.4 Å². The predicted octanol–water partition coefficient (Wildman–Crippen LogP) is 3.33. The highest BCUT2D eigenvalue weighted by Gasteiger charge is 2.14. The maximum Gasteiger partial charge on any atom is 0.268 e. The SMILES string of the molecule is CN(Cc1nc2ccsc2c(=O)[nH]1)C(=O)COc1ccc(Cl)cc1Cl. The van der Waals surface area contributed by atoms with E-state index in [2.05, 4.69) is 9.97 Å². The van der Waals surface area contributed by atoms with Crippen LogP contribution in [0.1, 0.15) is 5.82 Å². The number of carbonyl (C=O) groups excluding carboxylic acids is 1. The maximum absolute atomic E-state index is 12.2. The highest BCUT2D eigenvalue weighted by molar-refractivity contribution is 7.17. The first-order chi connectivity index (χ1) is 11.9. The second-order valence-electron chi connectivity index (χ2n) is 5.26. The number of nitrogens with zero attached hydrogens (tertiary/aromatic N) is 2. The zero-order valence-electron chi connectivity index (χ0n) is 13.1. The molecule has 0 fully saturated rings. The Labute approximate surface area is 157 Å². The molecule has 1 N–H and O–H groups in total. The number of hydrogen-bond acceptors (Lipinski definition) is 5. The van der Waals surface area contributed by atoms with E-state index in [1.807, 2.05) is 0 Å². The summed E-state index contributed by atoms with van der Waals surface area (Å²) in [5.74, 6) is 0.509. The average molecular weight is 398 g/mol. The van der Waals surface area contributed by atoms with Crippen molar-refractivity contribution in [1.29, 1.82) is 0 Å². The van der Waals surface area contributed by atoms with Gasteiger partial charge >= 0.3 is 0 Å². The fraction of sp³-hybridized carbons (Fsp3) is 0.188. The van der Waals surface area contributed by atoms with E-state index < -0.39 is 0 Å². The predicted molar refractivity (Wildman–Crippen MR) is 98.7 cm³/mol. The molecular weight excluding hydrogens is 385 g/mol. The van der Waals surface area contributed by atoms with Gasteiger partial charge in [0.15, 0.2) is 6.61 Å². The van der Waals surface area contributed by atoms with Gasteiger partial charge in [0.25, 0.3) is 11.5 Å². The van der Waals surface area contributed by atoms with E-state index in [9.17, 15) is 9.59 Å². The van der Waals surface area contributed by atoms with Gasteiger partial charge in [0.05, 0.1) is 17.1 Å². The number of amides is 1. The largest absolute Gasteiger partial charge is 0.482 e. The molecule has 0 radical (unpaired) electrons. The Morgan fingerprint density at radius 2 is 2.16 bits per heavy atom. The van der Waals surface area contributed by atoms with E-state index in [0.29, 0.717) is 31.8 Å². The van der Waals surface area contributed by atoms with Crippen molar-refractivity contribution in [2.24, 2.45) is 0 Å². The van der Waals surface area contributed by atoms with Crippen LogP contribution in [0.4, 0.5) is 0 Å². The molecule has 6 nitrogen and oxygen atoms in total. The second kappa shape index (κ2) is 7.43. The van der Waals surface area contributed by atoms with E-state index in [1.54, 1.807) is 30.6 Å². The molecule has 9 heteroatoms. The Morgan fingerprint density at radius 1 is 1.36 bits per heavy atom. The van der Waals surface area contributed by atoms with Crippen molar-refractivity contribution >= 4 is 50.7 Å². The van der Waals surface area contributed by atoms with Gasteiger partial charge in [0.1, 0.15) is 16.3 Å². The van der Waals surface area contributed by atoms with Gasteiger partial charge in [0.2, 0.25) is 0 Å². The summed E-state index contributed by atoms with van der Waals surface area (Å²) in [5.41, 5.74) is 0.411. The van der Waals surface area contributed by atoms with Crippen molar-refractivity contribution < 1.29 is 9.53 Å². The van der Waals surface area contributed by atoms with E-state index >= 15 is 0 Å². The van der Waals surface area contributed by atoms with Crippen LogP contribution < -0.4 is 10.3 Å². The van der Waals surface area contributed by atoms with Crippen molar-refractivity contribution in [1.82, 2.24) is 14.9 Å². The summed E-state index contributed by atoms with van der Waals surface area (Å²) in [6, 6.07) is 6.53. The minimum Gasteiger partial charge on any atom is -0.482 e. The molecule has 0 aliphatic rings. The molecule has 0 aliphatic heterocycles. The lowest BCUT2D eigenvalue weighted by atomic mass is 10.3. The quantitative estimate of drug-likeness (QED) is 0.716. The smallest absolute Gasteiger partial charge is 0.268 e. The first kappa shape index (κ1) is 17.7. The molecule has 0 saturated heterocycles. The standard InChI is InChI=1S/C16H13Cl2N3O3S/c1-21(7-13-19-11-4-5-25-15(11)16(23)20-13)14(22)8-24-12-3-2-9(17)6-10(12)18/h2-6H,7-8H2,1H3,(H,19,20,23). The number of nitrogens with one attached hydrogen (secondary N) is 1. The average Bonchev–Trinajstić information content (AvgIpc) is 3.02. The molecule has 0 unspecified atom stereocenters. The van der Waals surface area contributed by atoms with Crippen LogP contribution in [0.3, 0.4) is 0 Å². The van der Waals surface area contributed by atoms with Crippen molar-refractivity contribution in [3.63, 3.8) is 0 Å². The lowest BCUT2D eigenvalue weighted by Crippen LogP contribution is -2.32. The number of likely N-dealkylation sites (N-methyl/N-ethyl adjacent to an activating group) is 1. The fourth-order valence-corrected chi connectivity index (χ4v) is 3.34. The first-order valence-electron chi connectivity index (χ1n) is 7.22. The van der Waals surface area contributed by atoms with Gasteiger partial charge in [-0.2, -0.15) is 0 Å². The van der Waals surface area contributed by atoms with E-state index in [-0.39, 0.29) is 24.6 Å². The summed E-state index contributed by atoms with van der Waals surface area (Å²) < 4.78 is 5.99. The molecule has 3 aromatic rings. The molecule has 0 spiro atoms. The summed E-state index contributed by atoms with van der Waals surface area (Å²) in [6.07, 6.45) is 0. The summed E-state index contributed by atoms with van der Waals surface area (Å²) in [4.78, 5) is 32.6. The lowest BCUT2D eigenvalue weighted by Gasteiger charge is -2.17. The zero-order chi connectivity index (χ0) is 18.0. The molecule has 25 heavy (non-hydrogen) atoms. The molecule has 2 aromatic heterocycles. The van der Waals surface area contributed by atoms with Crippen LogP contribution in [0.15, 0.2) is 34.4 Å². The Bertz CT molecular complexity index is 986. The van der Waals surface area contributed by atoms with Crippen LogP contribution >= 0.6 is 34.5 Å². The third-order valence-corrected chi connectivity index (χ3v) is 4.85. The summed E-state index contributed by atoms with van der Waals surface area (Å²) in [6.45, 7) is -0.0274. The molecule has 130 valence electrons. The number of H-pyrrole nitrogens is 1. The Balaban J connectivity index is 1.64. The number of ether oxygens (including phenoxy) is 1. The van der Waals surface area contributed by atoms with Crippen LogP contribution in [-0.2, 0) is 11.3 Å². The Kier molecular flexibility index (Phi) is 5.27. The molecule has 0 atom stereocenters. The zero-order valence-corrected chi connectivity index (χ0v) is 15.4. The molecule has 2 heterocycles. The molecule has 0 saturated carbocycles. The number of fused-ring (bicyclic) bond motifs is 1.